The number of ether oxygens (including phenoxy) is 1. The largest absolute Gasteiger partial charge is 0.417 e. The second-order valence-electron chi connectivity index (χ2n) is 7.57. The Morgan fingerprint density at radius 1 is 1.29 bits per heavy atom. The average Bonchev–Trinajstić information content (AvgIpc) is 3.03. The quantitative estimate of drug-likeness (QED) is 0.722. The fraction of sp³-hybridized carbons (Fsp3) is 0.476. The van der Waals surface area contributed by atoms with Crippen LogP contribution in [-0.4, -0.2) is 60.0 Å². The highest BCUT2D eigenvalue weighted by molar-refractivity contribution is 5.77. The monoisotopic (exact) mass is 435 g/mol. The van der Waals surface area contributed by atoms with Crippen molar-refractivity contribution in [3.05, 3.63) is 46.8 Å². The van der Waals surface area contributed by atoms with Crippen LogP contribution < -0.4 is 4.90 Å². The number of carbonyl (C=O) groups is 1. The maximum Gasteiger partial charge on any atom is 0.417 e. The molecule has 0 bridgehead atoms. The molecule has 0 aliphatic carbocycles. The van der Waals surface area contributed by atoms with E-state index in [1.165, 1.54) is 19.2 Å². The van der Waals surface area contributed by atoms with Crippen molar-refractivity contribution in [2.24, 2.45) is 0 Å². The lowest BCUT2D eigenvalue weighted by Crippen LogP contribution is -2.57. The van der Waals surface area contributed by atoms with Crippen molar-refractivity contribution in [2.45, 2.75) is 32.6 Å². The summed E-state index contributed by atoms with van der Waals surface area (Å²) in [7, 11) is 1.52. The van der Waals surface area contributed by atoms with E-state index in [4.69, 9.17) is 10.00 Å². The number of piperazine rings is 1. The van der Waals surface area contributed by atoms with Crippen LogP contribution in [0.4, 0.5) is 18.9 Å². The number of nitriles is 1. The second kappa shape index (κ2) is 8.98. The number of alkyl halides is 3. The first-order valence-corrected chi connectivity index (χ1v) is 9.79. The summed E-state index contributed by atoms with van der Waals surface area (Å²) in [6.07, 6.45) is -4.62. The topological polar surface area (TPSA) is 74.4 Å². The van der Waals surface area contributed by atoms with Crippen molar-refractivity contribution in [3.63, 3.8) is 0 Å². The number of hydrogen-bond donors (Lipinski definition) is 0. The van der Waals surface area contributed by atoms with E-state index in [2.05, 4.69) is 5.10 Å². The molecule has 2 aromatic rings. The molecule has 1 saturated heterocycles. The molecule has 2 heterocycles. The summed E-state index contributed by atoms with van der Waals surface area (Å²) < 4.78 is 46.9. The molecule has 1 unspecified atom stereocenters. The van der Waals surface area contributed by atoms with Gasteiger partial charge in [-0.05, 0) is 38.1 Å². The van der Waals surface area contributed by atoms with Crippen LogP contribution in [0.3, 0.4) is 0 Å². The number of rotatable bonds is 5. The number of nitrogens with zero attached hydrogens (tertiary/aromatic N) is 5. The molecule has 166 valence electrons. The minimum Gasteiger partial charge on any atom is -0.382 e. The van der Waals surface area contributed by atoms with E-state index in [1.807, 2.05) is 19.9 Å². The molecule has 3 rings (SSSR count). The predicted molar refractivity (Wildman–Crippen MR) is 107 cm³/mol. The second-order valence-corrected chi connectivity index (χ2v) is 7.57. The lowest BCUT2D eigenvalue weighted by molar-refractivity contribution is -0.137. The maximum atomic E-state index is 13.3. The van der Waals surface area contributed by atoms with Gasteiger partial charge >= 0.3 is 6.18 Å². The molecular formula is C21H24F3N5O2. The normalized spacial score (nSPS) is 17.0. The molecule has 0 spiro atoms. The Morgan fingerprint density at radius 3 is 2.61 bits per heavy atom. The minimum atomic E-state index is -4.62. The first-order chi connectivity index (χ1) is 14.6. The van der Waals surface area contributed by atoms with Crippen molar-refractivity contribution >= 4 is 11.6 Å². The van der Waals surface area contributed by atoms with Crippen molar-refractivity contribution in [2.75, 3.05) is 38.3 Å². The van der Waals surface area contributed by atoms with E-state index >= 15 is 0 Å². The van der Waals surface area contributed by atoms with Gasteiger partial charge in [0.05, 0.1) is 35.5 Å². The molecular weight excluding hydrogens is 411 g/mol. The van der Waals surface area contributed by atoms with Crippen LogP contribution in [0.25, 0.3) is 0 Å². The first-order valence-electron chi connectivity index (χ1n) is 9.79. The Labute approximate surface area is 178 Å². The van der Waals surface area contributed by atoms with Gasteiger partial charge in [-0.3, -0.25) is 9.48 Å². The van der Waals surface area contributed by atoms with E-state index in [1.54, 1.807) is 20.6 Å². The van der Waals surface area contributed by atoms with Crippen molar-refractivity contribution < 1.29 is 22.7 Å². The minimum absolute atomic E-state index is 0.0922. The molecule has 31 heavy (non-hydrogen) atoms. The van der Waals surface area contributed by atoms with E-state index in [-0.39, 0.29) is 25.1 Å². The molecule has 1 aromatic heterocycles. The van der Waals surface area contributed by atoms with Crippen LogP contribution in [0.15, 0.2) is 24.3 Å². The van der Waals surface area contributed by atoms with Gasteiger partial charge in [-0.2, -0.15) is 23.5 Å². The fourth-order valence-electron chi connectivity index (χ4n) is 3.87. The number of anilines is 1. The number of hydrogen-bond acceptors (Lipinski definition) is 5. The van der Waals surface area contributed by atoms with Crippen LogP contribution in [-0.2, 0) is 22.3 Å². The highest BCUT2D eigenvalue weighted by Gasteiger charge is 2.36. The zero-order valence-corrected chi connectivity index (χ0v) is 17.6. The number of aromatic nitrogens is 2. The third kappa shape index (κ3) is 4.99. The van der Waals surface area contributed by atoms with E-state index in [0.29, 0.717) is 25.3 Å². The molecule has 1 atom stereocenters. The van der Waals surface area contributed by atoms with E-state index in [0.717, 1.165) is 17.5 Å². The third-order valence-electron chi connectivity index (χ3n) is 5.34. The maximum absolute atomic E-state index is 13.3. The summed E-state index contributed by atoms with van der Waals surface area (Å²) in [6, 6.07) is 6.84. The summed E-state index contributed by atoms with van der Waals surface area (Å²) in [5.74, 6) is -0.122. The number of halogens is 3. The molecule has 1 aromatic carbocycles. The Morgan fingerprint density at radius 2 is 2.03 bits per heavy atom. The van der Waals surface area contributed by atoms with Gasteiger partial charge in [-0.15, -0.1) is 0 Å². The lowest BCUT2D eigenvalue weighted by atomic mass is 10.0. The predicted octanol–water partition coefficient (Wildman–Crippen LogP) is 2.75. The number of amides is 1. The van der Waals surface area contributed by atoms with Crippen molar-refractivity contribution in [1.82, 2.24) is 14.7 Å². The number of carbonyl (C=O) groups excluding carboxylic acids is 1. The summed E-state index contributed by atoms with van der Waals surface area (Å²) in [5.41, 5.74) is 0.690. The van der Waals surface area contributed by atoms with Crippen molar-refractivity contribution in [3.8, 4) is 6.07 Å². The summed E-state index contributed by atoms with van der Waals surface area (Å²) in [5, 5.41) is 13.3. The molecule has 1 fully saturated rings. The van der Waals surface area contributed by atoms with Gasteiger partial charge in [0.25, 0.3) is 0 Å². The third-order valence-corrected chi connectivity index (χ3v) is 5.34. The highest BCUT2D eigenvalue weighted by Crippen LogP contribution is 2.35. The Balaban J connectivity index is 1.79. The van der Waals surface area contributed by atoms with Gasteiger partial charge in [0.2, 0.25) is 5.91 Å². The molecule has 0 saturated carbocycles. The van der Waals surface area contributed by atoms with Gasteiger partial charge in [0, 0.05) is 38.1 Å². The summed E-state index contributed by atoms with van der Waals surface area (Å²) >= 11 is 0. The molecule has 7 nitrogen and oxygen atoms in total. The zero-order valence-electron chi connectivity index (χ0n) is 17.6. The summed E-state index contributed by atoms with van der Waals surface area (Å²) in [6.45, 7) is 5.10. The molecule has 0 radical (unpaired) electrons. The molecule has 10 heteroatoms. The van der Waals surface area contributed by atoms with Crippen molar-refractivity contribution in [1.29, 1.82) is 5.26 Å². The van der Waals surface area contributed by atoms with Crippen LogP contribution in [0.5, 0.6) is 0 Å². The summed E-state index contributed by atoms with van der Waals surface area (Å²) in [4.78, 5) is 16.4. The SMILES string of the molecule is COCC1CN(c2ccc(C#N)c(C(F)(F)F)c2)CCN1C(=O)Cn1nc(C)cc1C. The Hall–Kier alpha value is -3.06. The fourth-order valence-corrected chi connectivity index (χ4v) is 3.87. The zero-order chi connectivity index (χ0) is 22.8. The molecule has 1 aliphatic heterocycles. The number of methoxy groups -OCH3 is 1. The van der Waals surface area contributed by atoms with Gasteiger partial charge in [-0.25, -0.2) is 0 Å². The van der Waals surface area contributed by atoms with Gasteiger partial charge in [0.1, 0.15) is 6.54 Å². The number of benzene rings is 1. The van der Waals surface area contributed by atoms with Crippen LogP contribution in [0, 0.1) is 25.2 Å². The van der Waals surface area contributed by atoms with Crippen LogP contribution >= 0.6 is 0 Å². The Bertz CT molecular complexity index is 996. The standard InChI is InChI=1S/C21H24F3N5O2/c1-14-8-15(2)29(26-14)12-20(30)28-7-6-27(11-18(28)13-31-3)17-5-4-16(10-25)19(9-17)21(22,23)24/h4-5,8-9,18H,6-7,11-13H2,1-3H3. The van der Waals surface area contributed by atoms with Crippen LogP contribution in [0.1, 0.15) is 22.5 Å². The van der Waals surface area contributed by atoms with Gasteiger partial charge < -0.3 is 14.5 Å². The molecule has 1 aliphatic rings. The van der Waals surface area contributed by atoms with Crippen LogP contribution in [0.2, 0.25) is 0 Å². The van der Waals surface area contributed by atoms with Gasteiger partial charge in [-0.1, -0.05) is 0 Å². The average molecular weight is 435 g/mol. The molecule has 1 amide bonds. The van der Waals surface area contributed by atoms with Gasteiger partial charge in [0.15, 0.2) is 0 Å². The molecule has 0 N–H and O–H groups in total. The lowest BCUT2D eigenvalue weighted by Gasteiger charge is -2.42. The smallest absolute Gasteiger partial charge is 0.382 e. The van der Waals surface area contributed by atoms with E-state index < -0.39 is 17.3 Å². The highest BCUT2D eigenvalue weighted by atomic mass is 19.4. The Kier molecular flexibility index (Phi) is 6.55. The number of aryl methyl sites for hydroxylation is 2. The first kappa shape index (κ1) is 22.6. The van der Waals surface area contributed by atoms with E-state index in [9.17, 15) is 18.0 Å².